The summed E-state index contributed by atoms with van der Waals surface area (Å²) in [6, 6.07) is 8.22. The monoisotopic (exact) mass is 315 g/mol. The summed E-state index contributed by atoms with van der Waals surface area (Å²) >= 11 is 0. The van der Waals surface area contributed by atoms with Crippen molar-refractivity contribution in [2.45, 2.75) is 26.4 Å². The number of carbonyl (C=O) groups is 1. The molecule has 0 amide bonds. The van der Waals surface area contributed by atoms with E-state index in [1.807, 2.05) is 32.9 Å². The summed E-state index contributed by atoms with van der Waals surface area (Å²) in [6.07, 6.45) is 1.45. The highest BCUT2D eigenvalue weighted by Crippen LogP contribution is 2.25. The molecule has 0 radical (unpaired) electrons. The number of piperazine rings is 1. The van der Waals surface area contributed by atoms with Gasteiger partial charge in [0.2, 0.25) is 0 Å². The molecule has 1 aliphatic rings. The van der Waals surface area contributed by atoms with Crippen molar-refractivity contribution in [3.63, 3.8) is 0 Å². The van der Waals surface area contributed by atoms with Crippen LogP contribution in [0.2, 0.25) is 0 Å². The molecule has 1 fully saturated rings. The molecule has 0 saturated carbocycles. The van der Waals surface area contributed by atoms with Crippen LogP contribution < -0.4 is 4.90 Å². The van der Waals surface area contributed by atoms with Gasteiger partial charge in [0.05, 0.1) is 5.52 Å². The normalized spacial score (nSPS) is 16.8. The fourth-order valence-corrected chi connectivity index (χ4v) is 2.86. The third-order valence-electron chi connectivity index (χ3n) is 4.13. The Kier molecular flexibility index (Phi) is 4.06. The summed E-state index contributed by atoms with van der Waals surface area (Å²) in [5.41, 5.74) is 1.61. The Bertz CT molecular complexity index is 707. The largest absolute Gasteiger partial charge is 0.443 e. The maximum absolute atomic E-state index is 12.3. The van der Waals surface area contributed by atoms with E-state index in [9.17, 15) is 4.79 Å². The minimum atomic E-state index is -0.493. The van der Waals surface area contributed by atoms with E-state index in [0.717, 1.165) is 37.1 Å². The SMILES string of the molecule is CN1CCN(c2ccc3c(ccn3C(=O)OC(C)(C)C)c2)CC1. The van der Waals surface area contributed by atoms with Crippen LogP contribution in [0.4, 0.5) is 10.5 Å². The second-order valence-corrected chi connectivity index (χ2v) is 7.20. The standard InChI is InChI=1S/C18H25N3O2/c1-18(2,3)23-17(22)21-8-7-14-13-15(5-6-16(14)21)20-11-9-19(4)10-12-20/h5-8,13H,9-12H2,1-4H3. The average molecular weight is 315 g/mol. The predicted molar refractivity (Wildman–Crippen MR) is 93.3 cm³/mol. The molecule has 2 heterocycles. The van der Waals surface area contributed by atoms with E-state index >= 15 is 0 Å². The van der Waals surface area contributed by atoms with Gasteiger partial charge in [0.1, 0.15) is 5.60 Å². The summed E-state index contributed by atoms with van der Waals surface area (Å²) in [6.45, 7) is 9.86. The van der Waals surface area contributed by atoms with Crippen molar-refractivity contribution >= 4 is 22.7 Å². The van der Waals surface area contributed by atoms with Gasteiger partial charge in [0.15, 0.2) is 0 Å². The number of nitrogens with zero attached hydrogens (tertiary/aromatic N) is 3. The highest BCUT2D eigenvalue weighted by molar-refractivity contribution is 5.91. The van der Waals surface area contributed by atoms with Crippen molar-refractivity contribution in [1.82, 2.24) is 9.47 Å². The number of carbonyl (C=O) groups excluding carboxylic acids is 1. The van der Waals surface area contributed by atoms with Crippen LogP contribution in [0, 0.1) is 0 Å². The summed E-state index contributed by atoms with van der Waals surface area (Å²) in [4.78, 5) is 17.0. The number of rotatable bonds is 1. The molecule has 23 heavy (non-hydrogen) atoms. The number of hydrogen-bond acceptors (Lipinski definition) is 4. The summed E-state index contributed by atoms with van der Waals surface area (Å²) in [5, 5.41) is 1.06. The molecule has 5 heteroatoms. The molecule has 0 aliphatic carbocycles. The van der Waals surface area contributed by atoms with Crippen LogP contribution in [-0.2, 0) is 4.74 Å². The lowest BCUT2D eigenvalue weighted by Crippen LogP contribution is -2.44. The van der Waals surface area contributed by atoms with Gasteiger partial charge in [-0.25, -0.2) is 4.79 Å². The Morgan fingerprint density at radius 2 is 1.78 bits per heavy atom. The van der Waals surface area contributed by atoms with Crippen LogP contribution >= 0.6 is 0 Å². The maximum Gasteiger partial charge on any atom is 0.418 e. The first-order chi connectivity index (χ1) is 10.8. The number of fused-ring (bicyclic) bond motifs is 1. The highest BCUT2D eigenvalue weighted by atomic mass is 16.6. The topological polar surface area (TPSA) is 37.7 Å². The summed E-state index contributed by atoms with van der Waals surface area (Å²) in [5.74, 6) is 0. The minimum absolute atomic E-state index is 0.333. The lowest BCUT2D eigenvalue weighted by molar-refractivity contribution is 0.0544. The van der Waals surface area contributed by atoms with Crippen LogP contribution in [0.3, 0.4) is 0 Å². The number of ether oxygens (including phenoxy) is 1. The smallest absolute Gasteiger partial charge is 0.418 e. The lowest BCUT2D eigenvalue weighted by Gasteiger charge is -2.34. The fourth-order valence-electron chi connectivity index (χ4n) is 2.86. The molecule has 0 atom stereocenters. The van der Waals surface area contributed by atoms with Gasteiger partial charge in [0.25, 0.3) is 0 Å². The quantitative estimate of drug-likeness (QED) is 0.810. The van der Waals surface area contributed by atoms with Gasteiger partial charge in [-0.15, -0.1) is 0 Å². The zero-order valence-corrected chi connectivity index (χ0v) is 14.4. The molecular formula is C18H25N3O2. The van der Waals surface area contributed by atoms with E-state index in [-0.39, 0.29) is 6.09 Å². The minimum Gasteiger partial charge on any atom is -0.443 e. The number of anilines is 1. The Morgan fingerprint density at radius 3 is 2.43 bits per heavy atom. The highest BCUT2D eigenvalue weighted by Gasteiger charge is 2.20. The van der Waals surface area contributed by atoms with Gasteiger partial charge in [-0.05, 0) is 52.1 Å². The summed E-state index contributed by atoms with van der Waals surface area (Å²) in [7, 11) is 2.15. The van der Waals surface area contributed by atoms with E-state index in [1.165, 1.54) is 5.69 Å². The van der Waals surface area contributed by atoms with Gasteiger partial charge >= 0.3 is 6.09 Å². The first kappa shape index (κ1) is 15.9. The van der Waals surface area contributed by atoms with Gasteiger partial charge in [0, 0.05) is 43.4 Å². The van der Waals surface area contributed by atoms with Crippen molar-refractivity contribution in [2.24, 2.45) is 0 Å². The van der Waals surface area contributed by atoms with E-state index in [1.54, 1.807) is 10.8 Å². The molecule has 0 unspecified atom stereocenters. The molecule has 0 bridgehead atoms. The molecule has 1 saturated heterocycles. The number of aromatic nitrogens is 1. The van der Waals surface area contributed by atoms with E-state index in [0.29, 0.717) is 0 Å². The van der Waals surface area contributed by atoms with Crippen molar-refractivity contribution in [3.8, 4) is 0 Å². The van der Waals surface area contributed by atoms with Crippen LogP contribution in [0.15, 0.2) is 30.5 Å². The van der Waals surface area contributed by atoms with E-state index in [2.05, 4.69) is 29.0 Å². The number of hydrogen-bond donors (Lipinski definition) is 0. The predicted octanol–water partition coefficient (Wildman–Crippen LogP) is 3.18. The summed E-state index contributed by atoms with van der Waals surface area (Å²) < 4.78 is 7.03. The number of benzene rings is 1. The Hall–Kier alpha value is -2.01. The van der Waals surface area contributed by atoms with Crippen LogP contribution in [0.1, 0.15) is 20.8 Å². The first-order valence-corrected chi connectivity index (χ1v) is 8.11. The van der Waals surface area contributed by atoms with Crippen molar-refractivity contribution in [1.29, 1.82) is 0 Å². The lowest BCUT2D eigenvalue weighted by atomic mass is 10.2. The van der Waals surface area contributed by atoms with E-state index < -0.39 is 5.60 Å². The van der Waals surface area contributed by atoms with E-state index in [4.69, 9.17) is 4.74 Å². The molecular weight excluding hydrogens is 290 g/mol. The molecule has 3 rings (SSSR count). The van der Waals surface area contributed by atoms with Crippen molar-refractivity contribution in [2.75, 3.05) is 38.1 Å². The first-order valence-electron chi connectivity index (χ1n) is 8.11. The molecule has 0 N–H and O–H groups in total. The molecule has 124 valence electrons. The van der Waals surface area contributed by atoms with Crippen LogP contribution in [0.25, 0.3) is 10.9 Å². The molecule has 1 aliphatic heterocycles. The number of likely N-dealkylation sites (N-methyl/N-ethyl adjacent to an activating group) is 1. The van der Waals surface area contributed by atoms with Gasteiger partial charge in [-0.1, -0.05) is 0 Å². The zero-order chi connectivity index (χ0) is 16.6. The Balaban J connectivity index is 1.84. The fraction of sp³-hybridized carbons (Fsp3) is 0.500. The second kappa shape index (κ2) is 5.89. The molecule has 1 aromatic carbocycles. The molecule has 5 nitrogen and oxygen atoms in total. The second-order valence-electron chi connectivity index (χ2n) is 7.20. The van der Waals surface area contributed by atoms with Gasteiger partial charge < -0.3 is 14.5 Å². The Morgan fingerprint density at radius 1 is 1.09 bits per heavy atom. The van der Waals surface area contributed by atoms with Gasteiger partial charge in [-0.3, -0.25) is 4.57 Å². The average Bonchev–Trinajstić information content (AvgIpc) is 2.89. The molecule has 2 aromatic rings. The van der Waals surface area contributed by atoms with Crippen molar-refractivity contribution in [3.05, 3.63) is 30.5 Å². The van der Waals surface area contributed by atoms with Gasteiger partial charge in [-0.2, -0.15) is 0 Å². The maximum atomic E-state index is 12.3. The van der Waals surface area contributed by atoms with Crippen molar-refractivity contribution < 1.29 is 9.53 Å². The molecule has 0 spiro atoms. The van der Waals surface area contributed by atoms with Crippen LogP contribution in [-0.4, -0.2) is 54.4 Å². The Labute approximate surface area is 137 Å². The zero-order valence-electron chi connectivity index (χ0n) is 14.4. The third kappa shape index (κ3) is 3.50. The van der Waals surface area contributed by atoms with Crippen LogP contribution in [0.5, 0.6) is 0 Å². The third-order valence-corrected chi connectivity index (χ3v) is 4.13. The molecule has 1 aromatic heterocycles.